The number of carbonyl (C=O) groups excluding carboxylic acids is 1. The summed E-state index contributed by atoms with van der Waals surface area (Å²) in [4.78, 5) is 11.7. The van der Waals surface area contributed by atoms with E-state index in [1.54, 1.807) is 0 Å². The summed E-state index contributed by atoms with van der Waals surface area (Å²) in [5, 5.41) is 3.29. The van der Waals surface area contributed by atoms with E-state index in [4.69, 9.17) is 28.9 Å². The molecule has 0 aliphatic heterocycles. The van der Waals surface area contributed by atoms with Crippen LogP contribution in [0.2, 0.25) is 10.0 Å². The van der Waals surface area contributed by atoms with E-state index in [0.717, 1.165) is 12.8 Å². The van der Waals surface area contributed by atoms with Crippen molar-refractivity contribution in [3.63, 3.8) is 0 Å². The van der Waals surface area contributed by atoms with Gasteiger partial charge in [0.15, 0.2) is 0 Å². The molecule has 1 aromatic carbocycles. The molecule has 5 heteroatoms. The number of nitrogen functional groups attached to an aromatic ring is 1. The van der Waals surface area contributed by atoms with E-state index in [1.165, 1.54) is 12.1 Å². The highest BCUT2D eigenvalue weighted by Crippen LogP contribution is 2.28. The lowest BCUT2D eigenvalue weighted by Crippen LogP contribution is -2.24. The molecule has 0 aromatic heterocycles. The molecule has 0 spiro atoms. The van der Waals surface area contributed by atoms with Crippen molar-refractivity contribution in [3.05, 3.63) is 27.7 Å². The van der Waals surface area contributed by atoms with E-state index in [1.807, 2.05) is 0 Å². The predicted octanol–water partition coefficient (Wildman–Crippen LogP) is 3.11. The van der Waals surface area contributed by atoms with Crippen LogP contribution in [0.4, 0.5) is 5.69 Å². The number of anilines is 1. The van der Waals surface area contributed by atoms with Gasteiger partial charge in [0.2, 0.25) is 0 Å². The maximum Gasteiger partial charge on any atom is 0.252 e. The van der Waals surface area contributed by atoms with Crippen molar-refractivity contribution in [2.24, 2.45) is 0 Å². The Bertz CT molecular complexity index is 394. The second-order valence-corrected chi connectivity index (χ2v) is 4.26. The van der Waals surface area contributed by atoms with Gasteiger partial charge in [-0.05, 0) is 18.6 Å². The third-order valence-corrected chi connectivity index (χ3v) is 2.91. The first-order valence-electron chi connectivity index (χ1n) is 5.09. The van der Waals surface area contributed by atoms with Crippen molar-refractivity contribution in [2.45, 2.75) is 19.8 Å². The molecule has 1 amide bonds. The van der Waals surface area contributed by atoms with E-state index < -0.39 is 0 Å². The Morgan fingerprint density at radius 3 is 2.75 bits per heavy atom. The first-order chi connectivity index (χ1) is 7.56. The minimum Gasteiger partial charge on any atom is -0.399 e. The molecule has 3 N–H and O–H groups in total. The number of unbranched alkanes of at least 4 members (excludes halogenated alkanes) is 1. The summed E-state index contributed by atoms with van der Waals surface area (Å²) in [7, 11) is 0. The van der Waals surface area contributed by atoms with Crippen LogP contribution in [0.5, 0.6) is 0 Å². The van der Waals surface area contributed by atoms with Gasteiger partial charge in [0.1, 0.15) is 0 Å². The second-order valence-electron chi connectivity index (χ2n) is 3.47. The number of nitrogens with two attached hydrogens (primary N) is 1. The Morgan fingerprint density at radius 2 is 2.12 bits per heavy atom. The molecule has 16 heavy (non-hydrogen) atoms. The summed E-state index contributed by atoms with van der Waals surface area (Å²) in [6, 6.07) is 3.04. The third kappa shape index (κ3) is 3.29. The van der Waals surface area contributed by atoms with Crippen molar-refractivity contribution in [1.29, 1.82) is 0 Å². The molecular formula is C11H14Cl2N2O. The van der Waals surface area contributed by atoms with E-state index in [-0.39, 0.29) is 10.9 Å². The SMILES string of the molecule is CCCCNC(=O)c1cc(N)cc(Cl)c1Cl. The van der Waals surface area contributed by atoms with Crippen molar-refractivity contribution < 1.29 is 4.79 Å². The zero-order chi connectivity index (χ0) is 12.1. The Balaban J connectivity index is 2.82. The van der Waals surface area contributed by atoms with Crippen LogP contribution in [0, 0.1) is 0 Å². The summed E-state index contributed by atoms with van der Waals surface area (Å²) in [6.07, 6.45) is 1.95. The first-order valence-corrected chi connectivity index (χ1v) is 5.84. The minimum absolute atomic E-state index is 0.241. The Hall–Kier alpha value is -0.930. The molecule has 0 fully saturated rings. The third-order valence-electron chi connectivity index (χ3n) is 2.11. The van der Waals surface area contributed by atoms with Gasteiger partial charge >= 0.3 is 0 Å². The van der Waals surface area contributed by atoms with Crippen LogP contribution < -0.4 is 11.1 Å². The highest BCUT2D eigenvalue weighted by Gasteiger charge is 2.13. The number of amides is 1. The van der Waals surface area contributed by atoms with Gasteiger partial charge in [-0.2, -0.15) is 0 Å². The average molecular weight is 261 g/mol. The van der Waals surface area contributed by atoms with E-state index >= 15 is 0 Å². The molecule has 88 valence electrons. The standard InChI is InChI=1S/C11H14Cl2N2O/c1-2-3-4-15-11(16)8-5-7(14)6-9(12)10(8)13/h5-6H,2-4,14H2,1H3,(H,15,16). The van der Waals surface area contributed by atoms with Crippen LogP contribution >= 0.6 is 23.2 Å². The fourth-order valence-electron chi connectivity index (χ4n) is 1.25. The van der Waals surface area contributed by atoms with Crippen molar-refractivity contribution in [2.75, 3.05) is 12.3 Å². The summed E-state index contributed by atoms with van der Waals surface area (Å²) in [6.45, 7) is 2.68. The van der Waals surface area contributed by atoms with Gasteiger partial charge in [0.25, 0.3) is 5.91 Å². The monoisotopic (exact) mass is 260 g/mol. The highest BCUT2D eigenvalue weighted by molar-refractivity contribution is 6.44. The zero-order valence-corrected chi connectivity index (χ0v) is 10.5. The van der Waals surface area contributed by atoms with Crippen molar-refractivity contribution in [1.82, 2.24) is 5.32 Å². The lowest BCUT2D eigenvalue weighted by molar-refractivity contribution is 0.0953. The smallest absolute Gasteiger partial charge is 0.252 e. The normalized spacial score (nSPS) is 10.2. The molecule has 1 aromatic rings. The van der Waals surface area contributed by atoms with E-state index in [0.29, 0.717) is 22.8 Å². The quantitative estimate of drug-likeness (QED) is 0.646. The van der Waals surface area contributed by atoms with Gasteiger partial charge in [-0.3, -0.25) is 4.79 Å². The number of nitrogens with one attached hydrogen (secondary N) is 1. The summed E-state index contributed by atoms with van der Waals surface area (Å²) in [5.41, 5.74) is 6.35. The number of rotatable bonds is 4. The highest BCUT2D eigenvalue weighted by atomic mass is 35.5. The van der Waals surface area contributed by atoms with Gasteiger partial charge in [-0.15, -0.1) is 0 Å². The van der Waals surface area contributed by atoms with Crippen LogP contribution in [0.15, 0.2) is 12.1 Å². The topological polar surface area (TPSA) is 55.1 Å². The van der Waals surface area contributed by atoms with Crippen molar-refractivity contribution in [3.8, 4) is 0 Å². The molecule has 0 bridgehead atoms. The van der Waals surface area contributed by atoms with Gasteiger partial charge in [-0.25, -0.2) is 0 Å². The second kappa shape index (κ2) is 5.97. The molecule has 1 rings (SSSR count). The lowest BCUT2D eigenvalue weighted by atomic mass is 10.2. The predicted molar refractivity (Wildman–Crippen MR) is 68.1 cm³/mol. The van der Waals surface area contributed by atoms with Crippen LogP contribution in [-0.4, -0.2) is 12.5 Å². The summed E-state index contributed by atoms with van der Waals surface area (Å²) in [5.74, 6) is -0.243. The van der Waals surface area contributed by atoms with Crippen molar-refractivity contribution >= 4 is 34.8 Å². The molecule has 3 nitrogen and oxygen atoms in total. The molecule has 0 radical (unpaired) electrons. The maximum absolute atomic E-state index is 11.7. The summed E-state index contributed by atoms with van der Waals surface area (Å²) < 4.78 is 0. The Morgan fingerprint density at radius 1 is 1.44 bits per heavy atom. The fraction of sp³-hybridized carbons (Fsp3) is 0.364. The average Bonchev–Trinajstić information content (AvgIpc) is 2.23. The molecule has 0 heterocycles. The number of hydrogen-bond acceptors (Lipinski definition) is 2. The van der Waals surface area contributed by atoms with Crippen LogP contribution in [0.25, 0.3) is 0 Å². The van der Waals surface area contributed by atoms with Gasteiger partial charge in [-0.1, -0.05) is 36.5 Å². The number of hydrogen-bond donors (Lipinski definition) is 2. The largest absolute Gasteiger partial charge is 0.399 e. The number of benzene rings is 1. The lowest BCUT2D eigenvalue weighted by Gasteiger charge is -2.08. The zero-order valence-electron chi connectivity index (χ0n) is 9.02. The molecule has 0 atom stereocenters. The summed E-state index contributed by atoms with van der Waals surface area (Å²) >= 11 is 11.8. The molecule has 0 aliphatic rings. The molecular weight excluding hydrogens is 247 g/mol. The molecule has 0 saturated carbocycles. The molecule has 0 unspecified atom stereocenters. The van der Waals surface area contributed by atoms with Gasteiger partial charge < -0.3 is 11.1 Å². The van der Waals surface area contributed by atoms with Crippen LogP contribution in [0.3, 0.4) is 0 Å². The van der Waals surface area contributed by atoms with Gasteiger partial charge in [0.05, 0.1) is 15.6 Å². The maximum atomic E-state index is 11.7. The molecule has 0 aliphatic carbocycles. The van der Waals surface area contributed by atoms with E-state index in [2.05, 4.69) is 12.2 Å². The number of carbonyl (C=O) groups is 1. The molecule has 0 saturated heterocycles. The van der Waals surface area contributed by atoms with Crippen LogP contribution in [-0.2, 0) is 0 Å². The number of halogens is 2. The van der Waals surface area contributed by atoms with Crippen LogP contribution in [0.1, 0.15) is 30.1 Å². The Labute approximate surface area is 105 Å². The minimum atomic E-state index is -0.243. The van der Waals surface area contributed by atoms with Gasteiger partial charge in [0, 0.05) is 12.2 Å². The first kappa shape index (κ1) is 13.1. The van der Waals surface area contributed by atoms with E-state index in [9.17, 15) is 4.79 Å². The Kier molecular flexibility index (Phi) is 4.90. The fourth-order valence-corrected chi connectivity index (χ4v) is 1.67.